The number of benzene rings is 4. The molecule has 590 valence electrons. The van der Waals surface area contributed by atoms with Crippen molar-refractivity contribution < 1.29 is 81.0 Å². The number of nitrogens with one attached hydrogen (secondary N) is 8. The number of hydrogen-bond donors (Lipinski definition) is 8. The number of fused-ring (bicyclic) bond motifs is 4. The van der Waals surface area contributed by atoms with Crippen LogP contribution in [0, 0.1) is 13.8 Å². The SMILES string of the molecule is CCOc1nc(Nc2ccc(S(=O)(=O)N3CCOCC3)cc2OC)nc2[nH]cc(C)c12.CCOc1nc(Nc2ccc(S(C)(=O)=O)cc2OC)nc2[nH]cc(Cl)c12.COc1cc(S(=O)(=O)N2CCOCC2)ccc1Nc1nc(OC)c2c(C)c[nH]c2n1.COc1cc(S(C)(=O)=O)ccc1Nc1nc(OC)c2cc[nH]c2n1. The van der Waals surface area contributed by atoms with E-state index >= 15 is 0 Å². The molecule has 10 heterocycles. The molecule has 0 radical (unpaired) electrons. The van der Waals surface area contributed by atoms with Crippen LogP contribution in [0.3, 0.4) is 0 Å². The summed E-state index contributed by atoms with van der Waals surface area (Å²) < 4.78 is 155. The van der Waals surface area contributed by atoms with Gasteiger partial charge in [-0.15, -0.1) is 0 Å². The molecule has 8 aromatic heterocycles. The highest BCUT2D eigenvalue weighted by atomic mass is 35.5. The highest BCUT2D eigenvalue weighted by Gasteiger charge is 2.30. The molecule has 36 nitrogen and oxygen atoms in total. The van der Waals surface area contributed by atoms with Crippen LogP contribution >= 0.6 is 11.6 Å². The topological polar surface area (TPSA) is 450 Å². The van der Waals surface area contributed by atoms with Crippen molar-refractivity contribution in [2.24, 2.45) is 0 Å². The Kier molecular flexibility index (Phi) is 25.4. The number of anilines is 8. The molecule has 0 unspecified atom stereocenters. The van der Waals surface area contributed by atoms with Gasteiger partial charge < -0.3 is 88.6 Å². The Hall–Kier alpha value is -11.1. The van der Waals surface area contributed by atoms with Gasteiger partial charge in [0.1, 0.15) is 45.6 Å². The average molecular weight is 1630 g/mol. The predicted octanol–water partition coefficient (Wildman–Crippen LogP) is 9.77. The number of halogens is 1. The van der Waals surface area contributed by atoms with E-state index in [9.17, 15) is 33.7 Å². The summed E-state index contributed by atoms with van der Waals surface area (Å²) >= 11 is 6.15. The van der Waals surface area contributed by atoms with Gasteiger partial charge in [0.2, 0.25) is 67.4 Å². The van der Waals surface area contributed by atoms with Gasteiger partial charge in [-0.25, -0.2) is 33.7 Å². The summed E-state index contributed by atoms with van der Waals surface area (Å²) in [6.07, 6.45) is 9.30. The second kappa shape index (κ2) is 34.9. The van der Waals surface area contributed by atoms with Crippen molar-refractivity contribution in [3.8, 4) is 46.5 Å². The van der Waals surface area contributed by atoms with Gasteiger partial charge >= 0.3 is 0 Å². The molecular formula is C70H81ClN18O18S4. The van der Waals surface area contributed by atoms with Gasteiger partial charge in [0.15, 0.2) is 19.7 Å². The lowest BCUT2D eigenvalue weighted by atomic mass is 10.2. The van der Waals surface area contributed by atoms with Crippen molar-refractivity contribution in [3.63, 3.8) is 0 Å². The van der Waals surface area contributed by atoms with Gasteiger partial charge in [-0.05, 0) is 93.4 Å². The maximum Gasteiger partial charge on any atom is 0.243 e. The summed E-state index contributed by atoms with van der Waals surface area (Å²) in [5, 5.41) is 15.7. The third-order valence-electron chi connectivity index (χ3n) is 16.9. The number of aryl methyl sites for hydroxylation is 2. The first-order valence-corrected chi connectivity index (χ1v) is 41.0. The smallest absolute Gasteiger partial charge is 0.243 e. The molecule has 0 atom stereocenters. The van der Waals surface area contributed by atoms with Crippen LogP contribution in [-0.2, 0) is 49.2 Å². The van der Waals surface area contributed by atoms with Crippen molar-refractivity contribution in [1.29, 1.82) is 0 Å². The molecule has 12 aromatic rings. The normalized spacial score (nSPS) is 13.6. The van der Waals surface area contributed by atoms with Crippen LogP contribution in [0.4, 0.5) is 46.5 Å². The second-order valence-corrected chi connectivity index (χ2v) is 32.5. The van der Waals surface area contributed by atoms with E-state index in [2.05, 4.69) is 81.1 Å². The Labute approximate surface area is 643 Å². The van der Waals surface area contributed by atoms with Crippen LogP contribution in [0.25, 0.3) is 44.1 Å². The zero-order valence-corrected chi connectivity index (χ0v) is 66.2. The lowest BCUT2D eigenvalue weighted by Gasteiger charge is -2.26. The number of morpholine rings is 2. The van der Waals surface area contributed by atoms with E-state index in [0.717, 1.165) is 39.8 Å². The Morgan fingerprint density at radius 1 is 0.414 bits per heavy atom. The van der Waals surface area contributed by atoms with Crippen molar-refractivity contribution in [2.75, 3.05) is 142 Å². The number of sulfonamides is 2. The number of nitrogens with zero attached hydrogens (tertiary/aromatic N) is 10. The molecule has 2 fully saturated rings. The van der Waals surface area contributed by atoms with Crippen molar-refractivity contribution >= 4 is 142 Å². The predicted molar refractivity (Wildman–Crippen MR) is 416 cm³/mol. The fraction of sp³-hybridized carbons (Fsp3) is 0.314. The molecule has 111 heavy (non-hydrogen) atoms. The molecule has 2 aliphatic heterocycles. The zero-order valence-electron chi connectivity index (χ0n) is 62.2. The van der Waals surface area contributed by atoms with Crippen molar-refractivity contribution in [2.45, 2.75) is 47.3 Å². The molecule has 0 aliphatic carbocycles. The number of rotatable bonds is 24. The minimum atomic E-state index is -3.64. The lowest BCUT2D eigenvalue weighted by Crippen LogP contribution is -2.40. The molecule has 0 amide bonds. The molecule has 8 N–H and O–H groups in total. The van der Waals surface area contributed by atoms with Gasteiger partial charge in [0.05, 0.1) is 151 Å². The lowest BCUT2D eigenvalue weighted by molar-refractivity contribution is 0.0730. The highest BCUT2D eigenvalue weighted by Crippen LogP contribution is 2.39. The highest BCUT2D eigenvalue weighted by molar-refractivity contribution is 7.91. The summed E-state index contributed by atoms with van der Waals surface area (Å²) in [5.74, 6) is 4.26. The van der Waals surface area contributed by atoms with Crippen LogP contribution < -0.4 is 59.2 Å². The number of methoxy groups -OCH3 is 6. The van der Waals surface area contributed by atoms with E-state index in [-0.39, 0.29) is 25.5 Å². The number of ether oxygens (including phenoxy) is 10. The van der Waals surface area contributed by atoms with E-state index in [1.54, 1.807) is 43.8 Å². The van der Waals surface area contributed by atoms with Gasteiger partial charge in [-0.3, -0.25) is 0 Å². The second-order valence-electron chi connectivity index (χ2n) is 24.2. The Morgan fingerprint density at radius 2 is 0.748 bits per heavy atom. The molecule has 0 saturated carbocycles. The van der Waals surface area contributed by atoms with Gasteiger partial charge in [-0.2, -0.15) is 48.5 Å². The Morgan fingerprint density at radius 3 is 1.13 bits per heavy atom. The van der Waals surface area contributed by atoms with E-state index in [1.165, 1.54) is 92.7 Å². The number of H-pyrrole nitrogens is 4. The summed E-state index contributed by atoms with van der Waals surface area (Å²) in [6, 6.07) is 20.2. The van der Waals surface area contributed by atoms with Crippen LogP contribution in [0.1, 0.15) is 25.0 Å². The molecule has 0 bridgehead atoms. The Bertz CT molecular complexity index is 5840. The van der Waals surface area contributed by atoms with Crippen LogP contribution in [0.5, 0.6) is 46.5 Å². The number of aromatic nitrogens is 12. The molecular weight excluding hydrogens is 1540 g/mol. The first-order valence-electron chi connectivity index (χ1n) is 33.9. The fourth-order valence-electron chi connectivity index (χ4n) is 11.4. The quantitative estimate of drug-likeness (QED) is 0.0279. The maximum atomic E-state index is 12.9. The molecule has 4 aromatic carbocycles. The van der Waals surface area contributed by atoms with Crippen LogP contribution in [0.15, 0.2) is 123 Å². The summed E-state index contributed by atoms with van der Waals surface area (Å²) in [5.41, 5.74) is 6.49. The monoisotopic (exact) mass is 1620 g/mol. The molecule has 41 heteroatoms. The summed E-state index contributed by atoms with van der Waals surface area (Å²) in [4.78, 5) is 48.0. The van der Waals surface area contributed by atoms with Crippen molar-refractivity contribution in [1.82, 2.24) is 68.4 Å². The summed E-state index contributed by atoms with van der Waals surface area (Å²) in [7, 11) is -4.99. The van der Waals surface area contributed by atoms with E-state index in [4.69, 9.17) is 59.0 Å². The van der Waals surface area contributed by atoms with E-state index < -0.39 is 39.7 Å². The third-order valence-corrected chi connectivity index (χ3v) is 23.2. The fourth-order valence-corrected chi connectivity index (χ4v) is 15.8. The molecule has 2 saturated heterocycles. The standard InChI is InChI=1S/C20H25N5O5S.C19H23N5O5S.C16H17ClN4O4S.C15H16N4O4S/c1-4-30-19-17-13(2)12-21-18(17)23-20(24-19)22-15-6-5-14(11-16(15)28-3)31(26,27)25-7-9-29-10-8-25;1-12-11-20-17-16(12)18(28-3)23-19(22-17)21-14-5-4-13(10-15(14)27-2)30(25,26)24-6-8-29-9-7-24;1-4-25-15-13-10(17)8-18-14(13)20-16(21-15)19-11-6-5-9(26(3,22)23)7-12(11)24-2;1-22-12-8-9(24(3,20)21)4-5-11(12)17-15-18-13-10(6-7-16-13)14(19-15)23-2/h5-6,11-12H,4,7-10H2,1-3H3,(H2,21,22,23,24);4-5,10-11H,6-9H2,1-3H3,(H2,20,21,22,23);5-8H,4H2,1-3H3,(H2,18,19,20,21);4-8H,1-3H3,(H2,16,17,18,19). The molecule has 0 spiro atoms. The Balaban J connectivity index is 0.000000147. The van der Waals surface area contributed by atoms with Crippen LogP contribution in [-0.4, -0.2) is 223 Å². The minimum absolute atomic E-state index is 0.153. The zero-order chi connectivity index (χ0) is 79.5. The largest absolute Gasteiger partial charge is 0.495 e. The molecule has 2 aliphatic rings. The average Bonchev–Trinajstić information content (AvgIpc) is 1.75. The first kappa shape index (κ1) is 80.9. The number of hydrogen-bond acceptors (Lipinski definition) is 30. The van der Waals surface area contributed by atoms with Crippen molar-refractivity contribution in [3.05, 3.63) is 120 Å². The maximum absolute atomic E-state index is 12.9. The van der Waals surface area contributed by atoms with Crippen LogP contribution in [0.2, 0.25) is 5.02 Å². The number of aromatic amines is 4. The van der Waals surface area contributed by atoms with Gasteiger partial charge in [0.25, 0.3) is 0 Å². The third kappa shape index (κ3) is 18.5. The van der Waals surface area contributed by atoms with Gasteiger partial charge in [0, 0.05) is 87.7 Å². The van der Waals surface area contributed by atoms with E-state index in [1.807, 2.05) is 46.2 Å². The minimum Gasteiger partial charge on any atom is -0.495 e. The summed E-state index contributed by atoms with van der Waals surface area (Å²) in [6.45, 7) is 11.4. The van der Waals surface area contributed by atoms with E-state index in [0.29, 0.717) is 186 Å². The molecule has 14 rings (SSSR count). The van der Waals surface area contributed by atoms with Gasteiger partial charge in [-0.1, -0.05) is 11.6 Å². The first-order chi connectivity index (χ1) is 53.1. The number of sulfone groups is 2.